The minimum atomic E-state index is -1.08. The van der Waals surface area contributed by atoms with Gasteiger partial charge in [-0.25, -0.2) is 9.78 Å². The smallest absolute Gasteiger partial charge is 0.339 e. The molecule has 0 aliphatic rings. The van der Waals surface area contributed by atoms with E-state index >= 15 is 0 Å². The van der Waals surface area contributed by atoms with Gasteiger partial charge in [0, 0.05) is 6.54 Å². The zero-order chi connectivity index (χ0) is 13.8. The molecule has 2 rings (SSSR count). The molecule has 8 nitrogen and oxygen atoms in total. The van der Waals surface area contributed by atoms with E-state index in [1.54, 1.807) is 6.33 Å². The number of aromatic carboxylic acids is 1. The summed E-state index contributed by atoms with van der Waals surface area (Å²) in [6.45, 7) is 3.05. The molecule has 100 valence electrons. The number of carbonyl (C=O) groups is 1. The standard InChI is InChI=1S/C11H14N6O2/c1-2-17-6-15-16-9(17)5-14-10-8(11(18)19)3-7(12)4-13-10/h3-4,6H,2,5,12H2,1H3,(H,13,14)(H,18,19). The molecule has 4 N–H and O–H groups in total. The maximum atomic E-state index is 11.1. The lowest BCUT2D eigenvalue weighted by Gasteiger charge is -2.09. The number of hydrogen-bond donors (Lipinski definition) is 3. The van der Waals surface area contributed by atoms with E-state index in [0.717, 1.165) is 6.54 Å². The molecule has 0 saturated heterocycles. The molecule has 8 heteroatoms. The number of aromatic nitrogens is 4. The van der Waals surface area contributed by atoms with Crippen molar-refractivity contribution < 1.29 is 9.90 Å². The highest BCUT2D eigenvalue weighted by molar-refractivity contribution is 5.94. The summed E-state index contributed by atoms with van der Waals surface area (Å²) in [6, 6.07) is 1.36. The average molecular weight is 262 g/mol. The molecule has 0 saturated carbocycles. The van der Waals surface area contributed by atoms with Gasteiger partial charge in [-0.15, -0.1) is 10.2 Å². The highest BCUT2D eigenvalue weighted by Gasteiger charge is 2.12. The summed E-state index contributed by atoms with van der Waals surface area (Å²) in [6.07, 6.45) is 3.02. The Labute approximate surface area is 109 Å². The minimum absolute atomic E-state index is 0.0302. The lowest BCUT2D eigenvalue weighted by Crippen LogP contribution is -2.12. The first-order chi connectivity index (χ1) is 9.11. The van der Waals surface area contributed by atoms with Crippen molar-refractivity contribution in [3.63, 3.8) is 0 Å². The number of pyridine rings is 1. The third-order valence-corrected chi connectivity index (χ3v) is 2.59. The number of nitrogens with zero attached hydrogens (tertiary/aromatic N) is 4. The van der Waals surface area contributed by atoms with Gasteiger partial charge in [-0.05, 0) is 13.0 Å². The third-order valence-electron chi connectivity index (χ3n) is 2.59. The number of hydrogen-bond acceptors (Lipinski definition) is 6. The second-order valence-corrected chi connectivity index (χ2v) is 3.86. The summed E-state index contributed by atoms with van der Waals surface area (Å²) in [5.74, 6) is -0.121. The SMILES string of the molecule is CCn1cnnc1CNc1ncc(N)cc1C(=O)O. The van der Waals surface area contributed by atoms with E-state index in [4.69, 9.17) is 10.8 Å². The molecule has 0 spiro atoms. The highest BCUT2D eigenvalue weighted by atomic mass is 16.4. The summed E-state index contributed by atoms with van der Waals surface area (Å²) in [7, 11) is 0. The summed E-state index contributed by atoms with van der Waals surface area (Å²) >= 11 is 0. The number of aryl methyl sites for hydroxylation is 1. The summed E-state index contributed by atoms with van der Waals surface area (Å²) in [5, 5.41) is 19.7. The van der Waals surface area contributed by atoms with Gasteiger partial charge >= 0.3 is 5.97 Å². The lowest BCUT2D eigenvalue weighted by molar-refractivity contribution is 0.0697. The maximum Gasteiger partial charge on any atom is 0.339 e. The van der Waals surface area contributed by atoms with Gasteiger partial charge < -0.3 is 20.7 Å². The molecular weight excluding hydrogens is 248 g/mol. The predicted molar refractivity (Wildman–Crippen MR) is 68.6 cm³/mol. The molecule has 0 fully saturated rings. The van der Waals surface area contributed by atoms with Crippen molar-refractivity contribution in [2.45, 2.75) is 20.0 Å². The maximum absolute atomic E-state index is 11.1. The average Bonchev–Trinajstić information content (AvgIpc) is 2.84. The first-order valence-corrected chi connectivity index (χ1v) is 5.71. The molecule has 0 radical (unpaired) electrons. The van der Waals surface area contributed by atoms with E-state index < -0.39 is 5.97 Å². The van der Waals surface area contributed by atoms with Crippen LogP contribution >= 0.6 is 0 Å². The number of carboxylic acid groups (broad SMARTS) is 1. The van der Waals surface area contributed by atoms with Crippen LogP contribution in [0, 0.1) is 0 Å². The van der Waals surface area contributed by atoms with Crippen LogP contribution in [0.4, 0.5) is 11.5 Å². The number of carboxylic acids is 1. The molecule has 0 bridgehead atoms. The van der Waals surface area contributed by atoms with Crippen molar-refractivity contribution in [3.8, 4) is 0 Å². The number of anilines is 2. The first kappa shape index (κ1) is 12.8. The number of nitrogens with one attached hydrogen (secondary N) is 1. The van der Waals surface area contributed by atoms with Crippen LogP contribution in [0.2, 0.25) is 0 Å². The topological polar surface area (TPSA) is 119 Å². The van der Waals surface area contributed by atoms with Crippen LogP contribution in [-0.4, -0.2) is 30.8 Å². The van der Waals surface area contributed by atoms with E-state index in [9.17, 15) is 4.79 Å². The van der Waals surface area contributed by atoms with E-state index in [2.05, 4.69) is 20.5 Å². The van der Waals surface area contributed by atoms with Crippen LogP contribution in [0.3, 0.4) is 0 Å². The van der Waals surface area contributed by atoms with Crippen LogP contribution in [0.5, 0.6) is 0 Å². The minimum Gasteiger partial charge on any atom is -0.478 e. The Morgan fingerprint density at radius 3 is 3.05 bits per heavy atom. The largest absolute Gasteiger partial charge is 0.478 e. The predicted octanol–water partition coefficient (Wildman–Crippen LogP) is 0.585. The van der Waals surface area contributed by atoms with Crippen LogP contribution in [0.25, 0.3) is 0 Å². The van der Waals surface area contributed by atoms with Crippen molar-refractivity contribution in [1.82, 2.24) is 19.7 Å². The van der Waals surface area contributed by atoms with Crippen LogP contribution in [0.15, 0.2) is 18.6 Å². The number of nitrogen functional groups attached to an aromatic ring is 1. The first-order valence-electron chi connectivity index (χ1n) is 5.71. The molecule has 0 unspecified atom stereocenters. The second-order valence-electron chi connectivity index (χ2n) is 3.86. The van der Waals surface area contributed by atoms with Crippen molar-refractivity contribution >= 4 is 17.5 Å². The number of nitrogens with two attached hydrogens (primary N) is 1. The Balaban J connectivity index is 2.18. The van der Waals surface area contributed by atoms with Crippen LogP contribution in [-0.2, 0) is 13.1 Å². The molecule has 0 atom stereocenters. The summed E-state index contributed by atoms with van der Waals surface area (Å²) in [4.78, 5) is 15.1. The fourth-order valence-corrected chi connectivity index (χ4v) is 1.63. The zero-order valence-electron chi connectivity index (χ0n) is 10.4. The molecule has 2 aromatic heterocycles. The molecular formula is C11H14N6O2. The molecule has 2 heterocycles. The third kappa shape index (κ3) is 2.79. The van der Waals surface area contributed by atoms with Crippen LogP contribution in [0.1, 0.15) is 23.1 Å². The molecule has 0 aliphatic heterocycles. The Morgan fingerprint density at radius 2 is 2.37 bits per heavy atom. The normalized spacial score (nSPS) is 10.4. The monoisotopic (exact) mass is 262 g/mol. The Bertz CT molecular complexity index is 595. The Hall–Kier alpha value is -2.64. The van der Waals surface area contributed by atoms with E-state index in [0.29, 0.717) is 18.1 Å². The van der Waals surface area contributed by atoms with Crippen molar-refractivity contribution in [1.29, 1.82) is 0 Å². The van der Waals surface area contributed by atoms with Crippen molar-refractivity contribution in [2.24, 2.45) is 0 Å². The lowest BCUT2D eigenvalue weighted by atomic mass is 10.2. The molecule has 2 aromatic rings. The van der Waals surface area contributed by atoms with Gasteiger partial charge in [0.1, 0.15) is 17.7 Å². The summed E-state index contributed by atoms with van der Waals surface area (Å²) in [5.41, 5.74) is 5.86. The summed E-state index contributed by atoms with van der Waals surface area (Å²) < 4.78 is 1.85. The Kier molecular flexibility index (Phi) is 3.60. The molecule has 0 amide bonds. The quantitative estimate of drug-likeness (QED) is 0.721. The van der Waals surface area contributed by atoms with Gasteiger partial charge in [0.15, 0.2) is 5.82 Å². The fourth-order valence-electron chi connectivity index (χ4n) is 1.63. The van der Waals surface area contributed by atoms with E-state index in [-0.39, 0.29) is 11.4 Å². The zero-order valence-corrected chi connectivity index (χ0v) is 10.4. The van der Waals surface area contributed by atoms with Crippen molar-refractivity contribution in [2.75, 3.05) is 11.1 Å². The molecule has 19 heavy (non-hydrogen) atoms. The van der Waals surface area contributed by atoms with Gasteiger partial charge in [-0.3, -0.25) is 0 Å². The second kappa shape index (κ2) is 5.34. The van der Waals surface area contributed by atoms with E-state index in [1.165, 1.54) is 12.3 Å². The molecule has 0 aliphatic carbocycles. The van der Waals surface area contributed by atoms with E-state index in [1.807, 2.05) is 11.5 Å². The van der Waals surface area contributed by atoms with Gasteiger partial charge in [-0.1, -0.05) is 0 Å². The van der Waals surface area contributed by atoms with Gasteiger partial charge in [0.2, 0.25) is 0 Å². The fraction of sp³-hybridized carbons (Fsp3) is 0.273. The molecule has 0 aromatic carbocycles. The Morgan fingerprint density at radius 1 is 1.58 bits per heavy atom. The number of rotatable bonds is 5. The van der Waals surface area contributed by atoms with Gasteiger partial charge in [0.05, 0.1) is 18.4 Å². The van der Waals surface area contributed by atoms with Gasteiger partial charge in [-0.2, -0.15) is 0 Å². The van der Waals surface area contributed by atoms with Crippen LogP contribution < -0.4 is 11.1 Å². The highest BCUT2D eigenvalue weighted by Crippen LogP contribution is 2.16. The van der Waals surface area contributed by atoms with Gasteiger partial charge in [0.25, 0.3) is 0 Å². The van der Waals surface area contributed by atoms with Crippen molar-refractivity contribution in [3.05, 3.63) is 30.0 Å².